The molecule has 2 N–H and O–H groups in total. The van der Waals surface area contributed by atoms with E-state index in [-0.39, 0.29) is 36.2 Å². The third-order valence-corrected chi connectivity index (χ3v) is 4.69. The third-order valence-electron chi connectivity index (χ3n) is 3.75. The number of carbonyl (C=O) groups is 3. The first kappa shape index (κ1) is 17.8. The van der Waals surface area contributed by atoms with Gasteiger partial charge in [0.15, 0.2) is 0 Å². The topological polar surface area (TPSA) is 78.5 Å². The lowest BCUT2D eigenvalue weighted by Crippen LogP contribution is -2.37. The van der Waals surface area contributed by atoms with Crippen LogP contribution in [0.25, 0.3) is 0 Å². The summed E-state index contributed by atoms with van der Waals surface area (Å²) in [5.41, 5.74) is 1.59. The van der Waals surface area contributed by atoms with Crippen LogP contribution in [0.15, 0.2) is 24.3 Å². The van der Waals surface area contributed by atoms with E-state index >= 15 is 0 Å². The summed E-state index contributed by atoms with van der Waals surface area (Å²) in [5, 5.41) is 5.98. The molecule has 3 amide bonds. The third kappa shape index (κ3) is 4.25. The average Bonchev–Trinajstić information content (AvgIpc) is 3.15. The molecule has 8 heteroatoms. The first-order valence-corrected chi connectivity index (χ1v) is 8.33. The molecule has 2 fully saturated rings. The van der Waals surface area contributed by atoms with Gasteiger partial charge in [-0.15, -0.1) is 24.2 Å². The minimum Gasteiger partial charge on any atom is -0.325 e. The number of halogens is 1. The van der Waals surface area contributed by atoms with Gasteiger partial charge in [-0.3, -0.25) is 24.6 Å². The van der Waals surface area contributed by atoms with E-state index in [4.69, 9.17) is 0 Å². The van der Waals surface area contributed by atoms with Gasteiger partial charge in [0, 0.05) is 30.2 Å². The Balaban J connectivity index is 0.00000192. The van der Waals surface area contributed by atoms with Crippen molar-refractivity contribution in [1.29, 1.82) is 0 Å². The van der Waals surface area contributed by atoms with Gasteiger partial charge in [-0.25, -0.2) is 0 Å². The highest BCUT2D eigenvalue weighted by atomic mass is 35.5. The van der Waals surface area contributed by atoms with Gasteiger partial charge in [0.1, 0.15) is 0 Å². The van der Waals surface area contributed by atoms with Crippen molar-refractivity contribution < 1.29 is 14.4 Å². The van der Waals surface area contributed by atoms with E-state index in [0.717, 1.165) is 17.2 Å². The molecule has 23 heavy (non-hydrogen) atoms. The number of rotatable bonds is 4. The highest BCUT2D eigenvalue weighted by molar-refractivity contribution is 7.99. The lowest BCUT2D eigenvalue weighted by Gasteiger charge is -2.14. The van der Waals surface area contributed by atoms with E-state index in [0.29, 0.717) is 25.1 Å². The molecule has 0 spiro atoms. The van der Waals surface area contributed by atoms with E-state index < -0.39 is 0 Å². The minimum absolute atomic E-state index is 0. The van der Waals surface area contributed by atoms with E-state index in [9.17, 15) is 14.4 Å². The SMILES string of the molecule is Cl.O=C(Nc1ccc(CN2C(=O)CCC2=O)cc1)C1CSCN1. The Morgan fingerprint density at radius 2 is 1.87 bits per heavy atom. The molecule has 3 rings (SSSR count). The van der Waals surface area contributed by atoms with Gasteiger partial charge in [0.05, 0.1) is 12.6 Å². The Morgan fingerprint density at radius 1 is 1.22 bits per heavy atom. The summed E-state index contributed by atoms with van der Waals surface area (Å²) < 4.78 is 0. The first-order chi connectivity index (χ1) is 10.6. The maximum atomic E-state index is 12.0. The zero-order valence-corrected chi connectivity index (χ0v) is 14.0. The van der Waals surface area contributed by atoms with Crippen LogP contribution in [0.3, 0.4) is 0 Å². The van der Waals surface area contributed by atoms with Crippen LogP contribution in [0.4, 0.5) is 5.69 Å². The van der Waals surface area contributed by atoms with Gasteiger partial charge in [-0.2, -0.15) is 0 Å². The van der Waals surface area contributed by atoms with E-state index in [1.165, 1.54) is 4.90 Å². The molecule has 1 aromatic carbocycles. The van der Waals surface area contributed by atoms with Crippen molar-refractivity contribution >= 4 is 47.6 Å². The molecule has 0 aliphatic carbocycles. The van der Waals surface area contributed by atoms with Crippen LogP contribution in [0.1, 0.15) is 18.4 Å². The van der Waals surface area contributed by atoms with Crippen molar-refractivity contribution in [3.05, 3.63) is 29.8 Å². The van der Waals surface area contributed by atoms with Gasteiger partial charge in [-0.05, 0) is 17.7 Å². The number of likely N-dealkylation sites (tertiary alicyclic amines) is 1. The molecule has 0 saturated carbocycles. The Morgan fingerprint density at radius 3 is 2.43 bits per heavy atom. The quantitative estimate of drug-likeness (QED) is 0.797. The summed E-state index contributed by atoms with van der Waals surface area (Å²) in [4.78, 5) is 36.4. The van der Waals surface area contributed by atoms with Crippen molar-refractivity contribution in [1.82, 2.24) is 10.2 Å². The summed E-state index contributed by atoms with van der Waals surface area (Å²) in [6.45, 7) is 0.298. The number of imide groups is 1. The molecule has 2 aliphatic rings. The largest absolute Gasteiger partial charge is 0.325 e. The molecule has 2 aliphatic heterocycles. The maximum Gasteiger partial charge on any atom is 0.242 e. The standard InChI is InChI=1S/C15H17N3O3S.ClH/c19-13-5-6-14(20)18(13)7-10-1-3-11(4-2-10)17-15(21)12-8-22-9-16-12;/h1-4,12,16H,5-9H2,(H,17,21);1H. The predicted molar refractivity (Wildman–Crippen MR) is 91.4 cm³/mol. The average molecular weight is 356 g/mol. The normalized spacial score (nSPS) is 20.5. The maximum absolute atomic E-state index is 12.0. The second kappa shape index (κ2) is 7.81. The second-order valence-electron chi connectivity index (χ2n) is 5.33. The number of nitrogens with zero attached hydrogens (tertiary/aromatic N) is 1. The van der Waals surface area contributed by atoms with Crippen LogP contribution in [0.2, 0.25) is 0 Å². The van der Waals surface area contributed by atoms with E-state index in [1.54, 1.807) is 23.9 Å². The Bertz CT molecular complexity index is 586. The fourth-order valence-corrected chi connectivity index (χ4v) is 3.41. The van der Waals surface area contributed by atoms with Crippen molar-refractivity contribution in [2.24, 2.45) is 0 Å². The molecule has 1 atom stereocenters. The minimum atomic E-state index is -0.149. The number of nitrogens with one attached hydrogen (secondary N) is 2. The molecule has 2 heterocycles. The Labute approximate surface area is 144 Å². The number of hydrogen-bond donors (Lipinski definition) is 2. The highest BCUT2D eigenvalue weighted by Crippen LogP contribution is 2.18. The van der Waals surface area contributed by atoms with Crippen molar-refractivity contribution in [2.75, 3.05) is 16.9 Å². The van der Waals surface area contributed by atoms with Gasteiger partial charge in [0.2, 0.25) is 17.7 Å². The molecule has 124 valence electrons. The van der Waals surface area contributed by atoms with Crippen LogP contribution in [0.5, 0.6) is 0 Å². The number of hydrogen-bond acceptors (Lipinski definition) is 5. The van der Waals surface area contributed by atoms with Crippen LogP contribution in [-0.4, -0.2) is 40.3 Å². The van der Waals surface area contributed by atoms with Crippen LogP contribution >= 0.6 is 24.2 Å². The summed E-state index contributed by atoms with van der Waals surface area (Å²) in [6, 6.07) is 7.08. The molecule has 2 saturated heterocycles. The highest BCUT2D eigenvalue weighted by Gasteiger charge is 2.28. The molecular weight excluding hydrogens is 338 g/mol. The van der Waals surface area contributed by atoms with Gasteiger partial charge < -0.3 is 5.32 Å². The molecule has 1 aromatic rings. The first-order valence-electron chi connectivity index (χ1n) is 7.17. The second-order valence-corrected chi connectivity index (χ2v) is 6.36. The molecule has 0 bridgehead atoms. The predicted octanol–water partition coefficient (Wildman–Crippen LogP) is 1.36. The van der Waals surface area contributed by atoms with E-state index in [2.05, 4.69) is 10.6 Å². The van der Waals surface area contributed by atoms with Gasteiger partial charge in [0.25, 0.3) is 0 Å². The number of thioether (sulfide) groups is 1. The smallest absolute Gasteiger partial charge is 0.242 e. The number of anilines is 1. The Hall–Kier alpha value is -1.57. The number of benzene rings is 1. The summed E-state index contributed by atoms with van der Waals surface area (Å²) >= 11 is 1.70. The summed E-state index contributed by atoms with van der Waals surface area (Å²) in [7, 11) is 0. The molecule has 1 unspecified atom stereocenters. The molecule has 0 radical (unpaired) electrons. The lowest BCUT2D eigenvalue weighted by molar-refractivity contribution is -0.139. The lowest BCUT2D eigenvalue weighted by atomic mass is 10.2. The van der Waals surface area contributed by atoms with Crippen LogP contribution in [0, 0.1) is 0 Å². The molecular formula is C15H18ClN3O3S. The van der Waals surface area contributed by atoms with Crippen molar-refractivity contribution in [3.8, 4) is 0 Å². The molecule has 6 nitrogen and oxygen atoms in total. The summed E-state index contributed by atoms with van der Waals surface area (Å²) in [5.74, 6) is 1.31. The number of amides is 3. The zero-order chi connectivity index (χ0) is 15.5. The van der Waals surface area contributed by atoms with Crippen molar-refractivity contribution in [3.63, 3.8) is 0 Å². The summed E-state index contributed by atoms with van der Waals surface area (Å²) in [6.07, 6.45) is 0.610. The monoisotopic (exact) mass is 355 g/mol. The fourth-order valence-electron chi connectivity index (χ4n) is 2.47. The van der Waals surface area contributed by atoms with Gasteiger partial charge >= 0.3 is 0 Å². The van der Waals surface area contributed by atoms with E-state index in [1.807, 2.05) is 12.1 Å². The van der Waals surface area contributed by atoms with Gasteiger partial charge in [-0.1, -0.05) is 12.1 Å². The number of carbonyl (C=O) groups excluding carboxylic acids is 3. The van der Waals surface area contributed by atoms with Crippen LogP contribution in [-0.2, 0) is 20.9 Å². The molecule has 0 aromatic heterocycles. The van der Waals surface area contributed by atoms with Crippen molar-refractivity contribution in [2.45, 2.75) is 25.4 Å². The Kier molecular flexibility index (Phi) is 6.04. The van der Waals surface area contributed by atoms with Crippen LogP contribution < -0.4 is 10.6 Å². The fraction of sp³-hybridized carbons (Fsp3) is 0.400. The zero-order valence-electron chi connectivity index (χ0n) is 12.4.